The number of hydrogen-bond acceptors (Lipinski definition) is 2. The third-order valence-corrected chi connectivity index (χ3v) is 9.00. The first-order chi connectivity index (χ1) is 10.2. The minimum absolute atomic E-state index is 0.218. The van der Waals surface area contributed by atoms with Gasteiger partial charge in [-0.05, 0) is 35.3 Å². The van der Waals surface area contributed by atoms with Gasteiger partial charge in [0.25, 0.3) is 0 Å². The molecule has 0 radical (unpaired) electrons. The van der Waals surface area contributed by atoms with Crippen LogP contribution in [-0.4, -0.2) is 19.9 Å². The van der Waals surface area contributed by atoms with Gasteiger partial charge < -0.3 is 9.16 Å². The Morgan fingerprint density at radius 2 is 1.86 bits per heavy atom. The molecular formula is C18H29IO2Si. The SMILES string of the molecule is COCc1cccc(CC(=CCI)O[Si](C)(C)C(C)(C)C)c1. The lowest BCUT2D eigenvalue weighted by Crippen LogP contribution is -2.40. The monoisotopic (exact) mass is 432 g/mol. The second-order valence-electron chi connectivity index (χ2n) is 7.12. The van der Waals surface area contributed by atoms with E-state index >= 15 is 0 Å². The summed E-state index contributed by atoms with van der Waals surface area (Å²) in [5, 5.41) is 0.218. The van der Waals surface area contributed by atoms with Crippen LogP contribution < -0.4 is 0 Å². The maximum atomic E-state index is 6.51. The molecule has 0 spiro atoms. The third kappa shape index (κ3) is 6.05. The summed E-state index contributed by atoms with van der Waals surface area (Å²) in [5.74, 6) is 1.11. The molecule has 0 unspecified atom stereocenters. The first kappa shape index (κ1) is 19.7. The standard InChI is InChI=1S/C18H29IO2Si/c1-18(2,3)22(5,6)21-17(10-11-19)13-15-8-7-9-16(12-15)14-20-4/h7-10,12H,11,13-14H2,1-6H3. The van der Waals surface area contributed by atoms with E-state index in [2.05, 4.69) is 86.8 Å². The van der Waals surface area contributed by atoms with Gasteiger partial charge in [0.1, 0.15) is 0 Å². The fraction of sp³-hybridized carbons (Fsp3) is 0.556. The van der Waals surface area contributed by atoms with Crippen molar-refractivity contribution < 1.29 is 9.16 Å². The molecule has 0 aliphatic heterocycles. The summed E-state index contributed by atoms with van der Waals surface area (Å²) in [7, 11) is -0.0534. The van der Waals surface area contributed by atoms with Crippen molar-refractivity contribution in [2.75, 3.05) is 11.5 Å². The van der Waals surface area contributed by atoms with Crippen molar-refractivity contribution in [2.45, 2.75) is 51.9 Å². The van der Waals surface area contributed by atoms with Crippen LogP contribution in [-0.2, 0) is 22.2 Å². The van der Waals surface area contributed by atoms with Crippen LogP contribution in [0.1, 0.15) is 31.9 Å². The number of allylic oxidation sites excluding steroid dienone is 2. The molecule has 0 bridgehead atoms. The van der Waals surface area contributed by atoms with E-state index in [1.807, 2.05) is 0 Å². The Kier molecular flexibility index (Phi) is 7.62. The van der Waals surface area contributed by atoms with Crippen LogP contribution in [0.15, 0.2) is 36.1 Å². The van der Waals surface area contributed by atoms with Crippen molar-refractivity contribution in [1.29, 1.82) is 0 Å². The highest BCUT2D eigenvalue weighted by Gasteiger charge is 2.39. The molecule has 4 heteroatoms. The van der Waals surface area contributed by atoms with Crippen LogP contribution in [0, 0.1) is 0 Å². The van der Waals surface area contributed by atoms with Crippen molar-refractivity contribution in [3.63, 3.8) is 0 Å². The molecule has 0 N–H and O–H groups in total. The third-order valence-electron chi connectivity index (χ3n) is 4.18. The van der Waals surface area contributed by atoms with Crippen molar-refractivity contribution >= 4 is 30.9 Å². The zero-order valence-electron chi connectivity index (χ0n) is 14.7. The Morgan fingerprint density at radius 1 is 1.23 bits per heavy atom. The smallest absolute Gasteiger partial charge is 0.250 e. The fourth-order valence-corrected chi connectivity index (χ4v) is 3.52. The minimum Gasteiger partial charge on any atom is -0.546 e. The molecule has 1 aromatic rings. The summed E-state index contributed by atoms with van der Waals surface area (Å²) < 4.78 is 12.7. The van der Waals surface area contributed by atoms with E-state index in [9.17, 15) is 0 Å². The molecular weight excluding hydrogens is 403 g/mol. The molecule has 22 heavy (non-hydrogen) atoms. The maximum Gasteiger partial charge on any atom is 0.250 e. The largest absolute Gasteiger partial charge is 0.546 e. The number of alkyl halides is 1. The van der Waals surface area contributed by atoms with Gasteiger partial charge in [-0.25, -0.2) is 0 Å². The van der Waals surface area contributed by atoms with Crippen LogP contribution in [0.25, 0.3) is 0 Å². The molecule has 1 aromatic carbocycles. The topological polar surface area (TPSA) is 18.5 Å². The number of methoxy groups -OCH3 is 1. The molecule has 0 amide bonds. The summed E-state index contributed by atoms with van der Waals surface area (Å²) in [6.07, 6.45) is 3.07. The summed E-state index contributed by atoms with van der Waals surface area (Å²) in [5.41, 5.74) is 2.49. The summed E-state index contributed by atoms with van der Waals surface area (Å²) in [6.45, 7) is 12.1. The Labute approximate surface area is 150 Å². The van der Waals surface area contributed by atoms with Gasteiger partial charge in [0.15, 0.2) is 0 Å². The van der Waals surface area contributed by atoms with Gasteiger partial charge in [0.05, 0.1) is 12.4 Å². The molecule has 0 heterocycles. The molecule has 1 rings (SSSR count). The lowest BCUT2D eigenvalue weighted by Gasteiger charge is -2.37. The number of hydrogen-bond donors (Lipinski definition) is 0. The van der Waals surface area contributed by atoms with E-state index in [1.165, 1.54) is 11.1 Å². The zero-order chi connectivity index (χ0) is 16.8. The number of rotatable bonds is 7. The predicted octanol–water partition coefficient (Wildman–Crippen LogP) is 5.72. The quantitative estimate of drug-likeness (QED) is 0.238. The Hall–Kier alpha value is -0.333. The van der Waals surface area contributed by atoms with Crippen molar-refractivity contribution in [1.82, 2.24) is 0 Å². The van der Waals surface area contributed by atoms with Crippen LogP contribution in [0.5, 0.6) is 0 Å². The zero-order valence-corrected chi connectivity index (χ0v) is 17.9. The van der Waals surface area contributed by atoms with Crippen molar-refractivity contribution in [2.24, 2.45) is 0 Å². The van der Waals surface area contributed by atoms with Crippen LogP contribution >= 0.6 is 22.6 Å². The van der Waals surface area contributed by atoms with Gasteiger partial charge >= 0.3 is 0 Å². The number of benzene rings is 1. The summed E-state index contributed by atoms with van der Waals surface area (Å²) >= 11 is 2.38. The summed E-state index contributed by atoms with van der Waals surface area (Å²) in [4.78, 5) is 0. The van der Waals surface area contributed by atoms with Gasteiger partial charge in [-0.2, -0.15) is 0 Å². The molecule has 2 nitrogen and oxygen atoms in total. The second-order valence-corrected chi connectivity index (χ2v) is 12.7. The van der Waals surface area contributed by atoms with Crippen molar-refractivity contribution in [3.05, 3.63) is 47.2 Å². The van der Waals surface area contributed by atoms with Gasteiger partial charge in [-0.1, -0.05) is 67.6 Å². The fourth-order valence-electron chi connectivity index (χ4n) is 1.91. The Balaban J connectivity index is 2.90. The van der Waals surface area contributed by atoms with E-state index < -0.39 is 8.32 Å². The first-order valence-electron chi connectivity index (χ1n) is 7.70. The highest BCUT2D eigenvalue weighted by atomic mass is 127. The molecule has 0 atom stereocenters. The molecule has 0 aliphatic carbocycles. The molecule has 124 valence electrons. The molecule has 0 saturated carbocycles. The first-order valence-corrected chi connectivity index (χ1v) is 12.1. The normalized spacial score (nSPS) is 13.3. The Bertz CT molecular complexity index is 504. The van der Waals surface area contributed by atoms with E-state index in [1.54, 1.807) is 7.11 Å². The second kappa shape index (κ2) is 8.50. The average Bonchev–Trinajstić information content (AvgIpc) is 2.38. The van der Waals surface area contributed by atoms with E-state index in [4.69, 9.17) is 9.16 Å². The molecule has 0 aromatic heterocycles. The van der Waals surface area contributed by atoms with Crippen molar-refractivity contribution in [3.8, 4) is 0 Å². The average molecular weight is 432 g/mol. The van der Waals surface area contributed by atoms with Crippen LogP contribution in [0.3, 0.4) is 0 Å². The predicted molar refractivity (Wildman–Crippen MR) is 106 cm³/mol. The Morgan fingerprint density at radius 3 is 2.41 bits per heavy atom. The minimum atomic E-state index is -1.78. The molecule has 0 aliphatic rings. The van der Waals surface area contributed by atoms with E-state index in [0.29, 0.717) is 6.61 Å². The van der Waals surface area contributed by atoms with E-state index in [0.717, 1.165) is 16.6 Å². The van der Waals surface area contributed by atoms with Crippen LogP contribution in [0.2, 0.25) is 18.1 Å². The van der Waals surface area contributed by atoms with E-state index in [-0.39, 0.29) is 5.04 Å². The van der Waals surface area contributed by atoms with Gasteiger partial charge in [0, 0.05) is 18.0 Å². The summed E-state index contributed by atoms with van der Waals surface area (Å²) in [6, 6.07) is 8.57. The van der Waals surface area contributed by atoms with Crippen LogP contribution in [0.4, 0.5) is 0 Å². The number of halogens is 1. The molecule has 0 fully saturated rings. The highest BCUT2D eigenvalue weighted by Crippen LogP contribution is 2.38. The number of ether oxygens (including phenoxy) is 1. The highest BCUT2D eigenvalue weighted by molar-refractivity contribution is 14.1. The molecule has 0 saturated heterocycles. The van der Waals surface area contributed by atoms with Gasteiger partial charge in [-0.15, -0.1) is 0 Å². The van der Waals surface area contributed by atoms with Gasteiger partial charge in [0.2, 0.25) is 8.32 Å². The maximum absolute atomic E-state index is 6.51. The van der Waals surface area contributed by atoms with Gasteiger partial charge in [-0.3, -0.25) is 0 Å². The lowest BCUT2D eigenvalue weighted by molar-refractivity contribution is 0.185. The lowest BCUT2D eigenvalue weighted by atomic mass is 10.1.